The third-order valence-electron chi connectivity index (χ3n) is 3.86. The molecule has 1 aromatic rings. The van der Waals surface area contributed by atoms with Gasteiger partial charge in [-0.15, -0.1) is 0 Å². The van der Waals surface area contributed by atoms with E-state index in [1.54, 1.807) is 0 Å². The maximum Gasteiger partial charge on any atom is 0.222 e. The van der Waals surface area contributed by atoms with Gasteiger partial charge in [0.05, 0.1) is 0 Å². The molecule has 1 N–H and O–H groups in total. The van der Waals surface area contributed by atoms with Gasteiger partial charge in [-0.25, -0.2) is 0 Å². The van der Waals surface area contributed by atoms with Gasteiger partial charge in [0, 0.05) is 31.6 Å². The number of rotatable bonds is 4. The Morgan fingerprint density at radius 2 is 2.00 bits per heavy atom. The molecule has 2 atom stereocenters. The Bertz CT molecular complexity index is 430. The van der Waals surface area contributed by atoms with Gasteiger partial charge in [0.1, 0.15) is 0 Å². The normalized spacial score (nSPS) is 23.8. The Kier molecular flexibility index (Phi) is 5.18. The summed E-state index contributed by atoms with van der Waals surface area (Å²) < 4.78 is 0. The molecule has 1 fully saturated rings. The number of likely N-dealkylation sites (tertiary alicyclic amines) is 1. The fourth-order valence-electron chi connectivity index (χ4n) is 2.90. The van der Waals surface area contributed by atoms with Crippen LogP contribution in [0.25, 0.3) is 0 Å². The Labute approximate surface area is 122 Å². The van der Waals surface area contributed by atoms with Crippen molar-refractivity contribution < 1.29 is 4.79 Å². The van der Waals surface area contributed by atoms with Gasteiger partial charge >= 0.3 is 0 Å². The summed E-state index contributed by atoms with van der Waals surface area (Å²) in [6.07, 6.45) is 1.09. The van der Waals surface area contributed by atoms with Crippen LogP contribution in [-0.4, -0.2) is 29.9 Å². The molecule has 3 nitrogen and oxygen atoms in total. The van der Waals surface area contributed by atoms with E-state index in [4.69, 9.17) is 0 Å². The highest BCUT2D eigenvalue weighted by atomic mass is 16.1. The van der Waals surface area contributed by atoms with Gasteiger partial charge in [-0.05, 0) is 17.9 Å². The zero-order valence-electron chi connectivity index (χ0n) is 12.8. The minimum atomic E-state index is 0.0646. The summed E-state index contributed by atoms with van der Waals surface area (Å²) in [5, 5.41) is 3.18. The first-order valence-electron chi connectivity index (χ1n) is 7.61. The van der Waals surface area contributed by atoms with E-state index in [0.717, 1.165) is 26.1 Å². The predicted molar refractivity (Wildman–Crippen MR) is 82.3 cm³/mol. The number of hydrogen-bond donors (Lipinski definition) is 1. The van der Waals surface area contributed by atoms with Crippen LogP contribution in [0.1, 0.15) is 32.8 Å². The molecule has 110 valence electrons. The SMILES string of the molecule is CC1CC(NC(=O)C(C)C)CN(Cc2ccccc2)C1. The zero-order valence-corrected chi connectivity index (χ0v) is 12.8. The Hall–Kier alpha value is -1.35. The van der Waals surface area contributed by atoms with E-state index in [-0.39, 0.29) is 17.9 Å². The van der Waals surface area contributed by atoms with Crippen molar-refractivity contribution in [2.45, 2.75) is 39.8 Å². The summed E-state index contributed by atoms with van der Waals surface area (Å²) in [7, 11) is 0. The molecule has 1 aliphatic heterocycles. The van der Waals surface area contributed by atoms with Crippen molar-refractivity contribution in [3.63, 3.8) is 0 Å². The number of nitrogens with zero attached hydrogens (tertiary/aromatic N) is 1. The zero-order chi connectivity index (χ0) is 14.5. The van der Waals surface area contributed by atoms with Gasteiger partial charge in [-0.3, -0.25) is 9.69 Å². The van der Waals surface area contributed by atoms with E-state index in [9.17, 15) is 4.79 Å². The van der Waals surface area contributed by atoms with E-state index in [0.29, 0.717) is 5.92 Å². The molecule has 0 radical (unpaired) electrons. The molecule has 2 unspecified atom stereocenters. The Morgan fingerprint density at radius 1 is 1.30 bits per heavy atom. The molecule has 0 aliphatic carbocycles. The van der Waals surface area contributed by atoms with Crippen molar-refractivity contribution in [2.75, 3.05) is 13.1 Å². The summed E-state index contributed by atoms with van der Waals surface area (Å²) in [6.45, 7) is 9.21. The average molecular weight is 274 g/mol. The van der Waals surface area contributed by atoms with Crippen LogP contribution in [0.2, 0.25) is 0 Å². The molecule has 1 heterocycles. The summed E-state index contributed by atoms with van der Waals surface area (Å²) in [6, 6.07) is 10.8. The van der Waals surface area contributed by atoms with E-state index in [1.807, 2.05) is 19.9 Å². The van der Waals surface area contributed by atoms with E-state index in [2.05, 4.69) is 41.4 Å². The first-order chi connectivity index (χ1) is 9.54. The number of amides is 1. The smallest absolute Gasteiger partial charge is 0.222 e. The second-order valence-electron chi connectivity index (χ2n) is 6.38. The van der Waals surface area contributed by atoms with Crippen LogP contribution in [0.4, 0.5) is 0 Å². The maximum atomic E-state index is 11.9. The minimum absolute atomic E-state index is 0.0646. The number of hydrogen-bond acceptors (Lipinski definition) is 2. The number of nitrogens with one attached hydrogen (secondary N) is 1. The van der Waals surface area contributed by atoms with Gasteiger partial charge < -0.3 is 5.32 Å². The topological polar surface area (TPSA) is 32.3 Å². The van der Waals surface area contributed by atoms with Crippen LogP contribution in [-0.2, 0) is 11.3 Å². The van der Waals surface area contributed by atoms with Crippen LogP contribution in [0, 0.1) is 11.8 Å². The van der Waals surface area contributed by atoms with Gasteiger partial charge in [0.15, 0.2) is 0 Å². The quantitative estimate of drug-likeness (QED) is 0.915. The van der Waals surface area contributed by atoms with Crippen molar-refractivity contribution in [3.8, 4) is 0 Å². The molecule has 0 bridgehead atoms. The second kappa shape index (κ2) is 6.89. The first kappa shape index (κ1) is 15.0. The minimum Gasteiger partial charge on any atom is -0.352 e. The Morgan fingerprint density at radius 3 is 2.65 bits per heavy atom. The molecule has 0 spiro atoms. The lowest BCUT2D eigenvalue weighted by Gasteiger charge is -2.37. The third-order valence-corrected chi connectivity index (χ3v) is 3.86. The number of carbonyl (C=O) groups is 1. The lowest BCUT2D eigenvalue weighted by atomic mass is 9.95. The van der Waals surface area contributed by atoms with E-state index in [1.165, 1.54) is 5.56 Å². The van der Waals surface area contributed by atoms with Crippen molar-refractivity contribution in [1.82, 2.24) is 10.2 Å². The van der Waals surface area contributed by atoms with Crippen molar-refractivity contribution in [1.29, 1.82) is 0 Å². The molecular formula is C17H26N2O. The summed E-state index contributed by atoms with van der Waals surface area (Å²) >= 11 is 0. The van der Waals surface area contributed by atoms with Crippen LogP contribution < -0.4 is 5.32 Å². The van der Waals surface area contributed by atoms with Crippen molar-refractivity contribution in [3.05, 3.63) is 35.9 Å². The summed E-state index contributed by atoms with van der Waals surface area (Å²) in [5.41, 5.74) is 1.34. The highest BCUT2D eigenvalue weighted by Gasteiger charge is 2.26. The monoisotopic (exact) mass is 274 g/mol. The molecular weight excluding hydrogens is 248 g/mol. The lowest BCUT2D eigenvalue weighted by Crippen LogP contribution is -2.50. The average Bonchev–Trinajstić information content (AvgIpc) is 2.39. The van der Waals surface area contributed by atoms with Crippen LogP contribution in [0.5, 0.6) is 0 Å². The lowest BCUT2D eigenvalue weighted by molar-refractivity contribution is -0.125. The van der Waals surface area contributed by atoms with Crippen LogP contribution >= 0.6 is 0 Å². The summed E-state index contributed by atoms with van der Waals surface area (Å²) in [5.74, 6) is 0.864. The number of piperidine rings is 1. The maximum absolute atomic E-state index is 11.9. The summed E-state index contributed by atoms with van der Waals surface area (Å²) in [4.78, 5) is 14.3. The molecule has 20 heavy (non-hydrogen) atoms. The predicted octanol–water partition coefficient (Wildman–Crippen LogP) is 2.67. The van der Waals surface area contributed by atoms with Gasteiger partial charge in [0.2, 0.25) is 5.91 Å². The highest BCUT2D eigenvalue weighted by molar-refractivity contribution is 5.78. The fraction of sp³-hybridized carbons (Fsp3) is 0.588. The standard InChI is InChI=1S/C17H26N2O/c1-13(2)17(20)18-16-9-14(3)10-19(12-16)11-15-7-5-4-6-8-15/h4-8,13-14,16H,9-12H2,1-3H3,(H,18,20). The van der Waals surface area contributed by atoms with Crippen LogP contribution in [0.15, 0.2) is 30.3 Å². The Balaban J connectivity index is 1.92. The van der Waals surface area contributed by atoms with Gasteiger partial charge in [-0.2, -0.15) is 0 Å². The highest BCUT2D eigenvalue weighted by Crippen LogP contribution is 2.19. The fourth-order valence-corrected chi connectivity index (χ4v) is 2.90. The first-order valence-corrected chi connectivity index (χ1v) is 7.61. The van der Waals surface area contributed by atoms with Crippen LogP contribution in [0.3, 0.4) is 0 Å². The molecule has 1 aromatic carbocycles. The molecule has 1 amide bonds. The third kappa shape index (κ3) is 4.34. The number of benzene rings is 1. The molecule has 3 heteroatoms. The van der Waals surface area contributed by atoms with Crippen molar-refractivity contribution >= 4 is 5.91 Å². The largest absolute Gasteiger partial charge is 0.352 e. The van der Waals surface area contributed by atoms with E-state index >= 15 is 0 Å². The molecule has 0 saturated carbocycles. The van der Waals surface area contributed by atoms with E-state index < -0.39 is 0 Å². The number of carbonyl (C=O) groups excluding carboxylic acids is 1. The van der Waals surface area contributed by atoms with Gasteiger partial charge in [0.25, 0.3) is 0 Å². The molecule has 1 aliphatic rings. The second-order valence-corrected chi connectivity index (χ2v) is 6.38. The molecule has 2 rings (SSSR count). The molecule has 1 saturated heterocycles. The molecule has 0 aromatic heterocycles. The van der Waals surface area contributed by atoms with Crippen molar-refractivity contribution in [2.24, 2.45) is 11.8 Å². The van der Waals surface area contributed by atoms with Gasteiger partial charge in [-0.1, -0.05) is 51.1 Å².